The van der Waals surface area contributed by atoms with E-state index in [1.165, 1.54) is 0 Å². The Balaban J connectivity index is 1.99. The van der Waals surface area contributed by atoms with Crippen molar-refractivity contribution in [3.8, 4) is 0 Å². The van der Waals surface area contributed by atoms with Crippen molar-refractivity contribution in [2.24, 2.45) is 0 Å². The molecule has 0 aliphatic carbocycles. The predicted molar refractivity (Wildman–Crippen MR) is 96.9 cm³/mol. The van der Waals surface area contributed by atoms with E-state index in [1.54, 1.807) is 24.3 Å². The van der Waals surface area contributed by atoms with Crippen LogP contribution in [0.2, 0.25) is 0 Å². The second-order valence-electron chi connectivity index (χ2n) is 5.31. The van der Waals surface area contributed by atoms with Crippen LogP contribution in [0.4, 0.5) is 17.1 Å². The average Bonchev–Trinajstić information content (AvgIpc) is 2.51. The number of nitrogens with one attached hydrogen (secondary N) is 2. The molecule has 0 saturated carbocycles. The van der Waals surface area contributed by atoms with E-state index in [2.05, 4.69) is 26.6 Å². The van der Waals surface area contributed by atoms with Crippen molar-refractivity contribution in [2.45, 2.75) is 6.92 Å². The van der Waals surface area contributed by atoms with Crippen LogP contribution in [0, 0.1) is 6.92 Å². The fraction of sp³-hybridized carbons (Fsp3) is 0.176. The summed E-state index contributed by atoms with van der Waals surface area (Å²) in [7, 11) is 3.86. The Labute approximate surface area is 143 Å². The quantitative estimate of drug-likeness (QED) is 0.808. The van der Waals surface area contributed by atoms with E-state index in [0.717, 1.165) is 15.7 Å². The number of hydrogen-bond donors (Lipinski definition) is 2. The molecule has 2 aromatic rings. The normalized spacial score (nSPS) is 10.1. The van der Waals surface area contributed by atoms with Gasteiger partial charge in [0.2, 0.25) is 0 Å². The van der Waals surface area contributed by atoms with Crippen LogP contribution in [0.3, 0.4) is 0 Å². The van der Waals surface area contributed by atoms with E-state index in [4.69, 9.17) is 0 Å². The van der Waals surface area contributed by atoms with E-state index >= 15 is 0 Å². The zero-order chi connectivity index (χ0) is 17.0. The predicted octanol–water partition coefficient (Wildman–Crippen LogP) is 3.40. The van der Waals surface area contributed by atoms with Gasteiger partial charge in [-0.15, -0.1) is 0 Å². The molecule has 5 nitrogen and oxygen atoms in total. The number of rotatable bonds is 3. The maximum atomic E-state index is 11.9. The molecule has 2 N–H and O–H groups in total. The third kappa shape index (κ3) is 4.56. The van der Waals surface area contributed by atoms with Crippen molar-refractivity contribution in [3.05, 3.63) is 52.5 Å². The minimum Gasteiger partial charge on any atom is -0.378 e. The summed E-state index contributed by atoms with van der Waals surface area (Å²) in [5.41, 5.74) is 3.19. The molecule has 2 rings (SSSR count). The van der Waals surface area contributed by atoms with Gasteiger partial charge in [0, 0.05) is 35.6 Å². The molecule has 0 spiro atoms. The molecule has 0 radical (unpaired) electrons. The van der Waals surface area contributed by atoms with Gasteiger partial charge in [0.25, 0.3) is 0 Å². The Kier molecular flexibility index (Phi) is 5.39. The summed E-state index contributed by atoms with van der Waals surface area (Å²) in [6.07, 6.45) is 0. The van der Waals surface area contributed by atoms with Gasteiger partial charge in [0.15, 0.2) is 0 Å². The van der Waals surface area contributed by atoms with Crippen LogP contribution in [0.25, 0.3) is 0 Å². The molecule has 0 fully saturated rings. The summed E-state index contributed by atoms with van der Waals surface area (Å²) in [4.78, 5) is 25.8. The van der Waals surface area contributed by atoms with Crippen LogP contribution >= 0.6 is 15.9 Å². The van der Waals surface area contributed by atoms with Gasteiger partial charge in [-0.1, -0.05) is 22.0 Å². The minimum atomic E-state index is -0.711. The van der Waals surface area contributed by atoms with Crippen molar-refractivity contribution in [1.29, 1.82) is 0 Å². The second-order valence-corrected chi connectivity index (χ2v) is 6.17. The molecule has 120 valence electrons. The molecule has 0 aromatic heterocycles. The van der Waals surface area contributed by atoms with Crippen molar-refractivity contribution >= 4 is 44.8 Å². The Bertz CT molecular complexity index is 727. The zero-order valence-corrected chi connectivity index (χ0v) is 14.8. The molecule has 0 aliphatic rings. The van der Waals surface area contributed by atoms with E-state index in [-0.39, 0.29) is 0 Å². The van der Waals surface area contributed by atoms with Crippen LogP contribution < -0.4 is 15.5 Å². The monoisotopic (exact) mass is 375 g/mol. The van der Waals surface area contributed by atoms with Gasteiger partial charge in [-0.3, -0.25) is 9.59 Å². The van der Waals surface area contributed by atoms with Crippen LogP contribution in [0.1, 0.15) is 5.56 Å². The van der Waals surface area contributed by atoms with E-state index in [9.17, 15) is 9.59 Å². The first-order valence-corrected chi connectivity index (χ1v) is 7.82. The first-order valence-electron chi connectivity index (χ1n) is 7.02. The fourth-order valence-electron chi connectivity index (χ4n) is 1.89. The Morgan fingerprint density at radius 2 is 1.43 bits per heavy atom. The molecule has 0 atom stereocenters. The Hall–Kier alpha value is -2.34. The zero-order valence-electron chi connectivity index (χ0n) is 13.2. The second kappa shape index (κ2) is 7.28. The van der Waals surface area contributed by atoms with E-state index in [1.807, 2.05) is 44.1 Å². The highest BCUT2D eigenvalue weighted by Crippen LogP contribution is 2.20. The SMILES string of the molecule is Cc1ccc(NC(=O)C(=O)Nc2ccc(N(C)C)cc2)cc1Br. The average molecular weight is 376 g/mol. The molecule has 0 unspecified atom stereocenters. The van der Waals surface area contributed by atoms with Crippen LogP contribution in [-0.4, -0.2) is 25.9 Å². The summed E-state index contributed by atoms with van der Waals surface area (Å²) in [6.45, 7) is 1.94. The lowest BCUT2D eigenvalue weighted by atomic mass is 10.2. The molecule has 23 heavy (non-hydrogen) atoms. The fourth-order valence-corrected chi connectivity index (χ4v) is 2.27. The third-order valence-electron chi connectivity index (χ3n) is 3.28. The van der Waals surface area contributed by atoms with E-state index in [0.29, 0.717) is 11.4 Å². The summed E-state index contributed by atoms with van der Waals surface area (Å²) >= 11 is 3.39. The smallest absolute Gasteiger partial charge is 0.314 e. The maximum Gasteiger partial charge on any atom is 0.314 e. The number of halogens is 1. The molecule has 0 heterocycles. The minimum absolute atomic E-state index is 0.561. The number of benzene rings is 2. The maximum absolute atomic E-state index is 11.9. The lowest BCUT2D eigenvalue weighted by Gasteiger charge is -2.13. The van der Waals surface area contributed by atoms with Crippen LogP contribution in [0.15, 0.2) is 46.9 Å². The first kappa shape index (κ1) is 17.0. The summed E-state index contributed by atoms with van der Waals surface area (Å²) in [5.74, 6) is -1.42. The number of amides is 2. The summed E-state index contributed by atoms with van der Waals surface area (Å²) in [6, 6.07) is 12.6. The van der Waals surface area contributed by atoms with Gasteiger partial charge >= 0.3 is 11.8 Å². The number of carbonyl (C=O) groups is 2. The van der Waals surface area contributed by atoms with Crippen LogP contribution in [0.5, 0.6) is 0 Å². The Morgan fingerprint density at radius 1 is 0.913 bits per heavy atom. The number of carbonyl (C=O) groups excluding carboxylic acids is 2. The van der Waals surface area contributed by atoms with Gasteiger partial charge in [-0.05, 0) is 48.9 Å². The van der Waals surface area contributed by atoms with Crippen molar-refractivity contribution in [1.82, 2.24) is 0 Å². The topological polar surface area (TPSA) is 61.4 Å². The van der Waals surface area contributed by atoms with E-state index < -0.39 is 11.8 Å². The van der Waals surface area contributed by atoms with Crippen molar-refractivity contribution in [2.75, 3.05) is 29.6 Å². The molecule has 2 amide bonds. The van der Waals surface area contributed by atoms with Gasteiger partial charge in [-0.2, -0.15) is 0 Å². The van der Waals surface area contributed by atoms with Gasteiger partial charge < -0.3 is 15.5 Å². The summed E-state index contributed by atoms with van der Waals surface area (Å²) < 4.78 is 0.870. The molecule has 0 saturated heterocycles. The molecule has 0 bridgehead atoms. The molecular weight excluding hydrogens is 358 g/mol. The largest absolute Gasteiger partial charge is 0.378 e. The number of hydrogen-bond acceptors (Lipinski definition) is 3. The van der Waals surface area contributed by atoms with Gasteiger partial charge in [-0.25, -0.2) is 0 Å². The lowest BCUT2D eigenvalue weighted by molar-refractivity contribution is -0.132. The van der Waals surface area contributed by atoms with Gasteiger partial charge in [0.05, 0.1) is 0 Å². The summed E-state index contributed by atoms with van der Waals surface area (Å²) in [5, 5.41) is 5.14. The van der Waals surface area contributed by atoms with Gasteiger partial charge in [0.1, 0.15) is 0 Å². The Morgan fingerprint density at radius 3 is 1.96 bits per heavy atom. The third-order valence-corrected chi connectivity index (χ3v) is 4.13. The number of aryl methyl sites for hydroxylation is 1. The highest BCUT2D eigenvalue weighted by molar-refractivity contribution is 9.10. The highest BCUT2D eigenvalue weighted by Gasteiger charge is 2.14. The highest BCUT2D eigenvalue weighted by atomic mass is 79.9. The lowest BCUT2D eigenvalue weighted by Crippen LogP contribution is -2.29. The molecule has 2 aromatic carbocycles. The van der Waals surface area contributed by atoms with Crippen LogP contribution in [-0.2, 0) is 9.59 Å². The number of nitrogens with zero attached hydrogens (tertiary/aromatic N) is 1. The molecule has 6 heteroatoms. The van der Waals surface area contributed by atoms with Crippen molar-refractivity contribution < 1.29 is 9.59 Å². The standard InChI is InChI=1S/C17H18BrN3O2/c1-11-4-5-13(10-15(11)18)20-17(23)16(22)19-12-6-8-14(9-7-12)21(2)3/h4-10H,1-3H3,(H,19,22)(H,20,23). The first-order chi connectivity index (χ1) is 10.9. The number of anilines is 3. The molecular formula is C17H18BrN3O2. The molecule has 0 aliphatic heterocycles. The van der Waals surface area contributed by atoms with Crippen molar-refractivity contribution in [3.63, 3.8) is 0 Å².